The first kappa shape index (κ1) is 22.7. The number of benzene rings is 2. The van der Waals surface area contributed by atoms with E-state index in [0.29, 0.717) is 16.5 Å². The number of hydrogen-bond donors (Lipinski definition) is 3. The lowest BCUT2D eigenvalue weighted by Gasteiger charge is -2.21. The summed E-state index contributed by atoms with van der Waals surface area (Å²) >= 11 is 0. The van der Waals surface area contributed by atoms with Gasteiger partial charge >= 0.3 is 0 Å². The topological polar surface area (TPSA) is 78.8 Å². The number of aryl methyl sites for hydroxylation is 1. The van der Waals surface area contributed by atoms with Crippen molar-refractivity contribution in [3.05, 3.63) is 53.6 Å². The molecule has 1 fully saturated rings. The van der Waals surface area contributed by atoms with Crippen molar-refractivity contribution in [2.75, 3.05) is 13.4 Å². The number of nitrogens with one attached hydrogen (secondary N) is 1. The van der Waals surface area contributed by atoms with Crippen molar-refractivity contribution < 1.29 is 19.2 Å². The fraction of sp³-hybridized carbons (Fsp3) is 0.429. The van der Waals surface area contributed by atoms with Gasteiger partial charge in [0.25, 0.3) is 0 Å². The molecule has 0 radical (unpaired) electrons. The molecule has 1 heterocycles. The Labute approximate surface area is 175 Å². The van der Waals surface area contributed by atoms with Crippen LogP contribution in [0.4, 0.5) is 0 Å². The molecule has 3 N–H and O–H groups in total. The summed E-state index contributed by atoms with van der Waals surface area (Å²) in [6.07, 6.45) is 4.73. The number of phenols is 1. The van der Waals surface area contributed by atoms with E-state index in [1.807, 2.05) is 12.1 Å². The maximum atomic E-state index is 11.7. The monoisotopic (exact) mass is 425 g/mol. The van der Waals surface area contributed by atoms with Gasteiger partial charge in [0.15, 0.2) is 0 Å². The number of halogens is 1. The van der Waals surface area contributed by atoms with Crippen LogP contribution in [0.1, 0.15) is 36.5 Å². The molecule has 0 aliphatic carbocycles. The zero-order chi connectivity index (χ0) is 19.4. The minimum absolute atomic E-state index is 0. The van der Waals surface area contributed by atoms with Gasteiger partial charge in [0.05, 0.1) is 28.9 Å². The second-order valence-electron chi connectivity index (χ2n) is 7.06. The second-order valence-corrected chi connectivity index (χ2v) is 8.41. The Kier molecular flexibility index (Phi) is 8.31. The molecule has 1 saturated heterocycles. The molecule has 7 heteroatoms. The average molecular weight is 426 g/mol. The Hall–Kier alpha value is -1.60. The smallest absolute Gasteiger partial charge is 0.131 e. The van der Waals surface area contributed by atoms with Crippen LogP contribution in [0.3, 0.4) is 0 Å². The van der Waals surface area contributed by atoms with Gasteiger partial charge in [0.2, 0.25) is 0 Å². The number of phenolic OH excluding ortho intramolecular Hbond substituents is 1. The molecule has 0 amide bonds. The molecule has 0 bridgehead atoms. The van der Waals surface area contributed by atoms with E-state index in [-0.39, 0.29) is 24.2 Å². The summed E-state index contributed by atoms with van der Waals surface area (Å²) in [5.74, 6) is 0.866. The molecule has 28 heavy (non-hydrogen) atoms. The largest absolute Gasteiger partial charge is 0.507 e. The third-order valence-electron chi connectivity index (χ3n) is 5.23. The van der Waals surface area contributed by atoms with E-state index in [4.69, 9.17) is 4.74 Å². The van der Waals surface area contributed by atoms with Crippen LogP contribution in [0.25, 0.3) is 0 Å². The molecule has 1 aliphatic heterocycles. The molecule has 0 saturated carbocycles. The van der Waals surface area contributed by atoms with E-state index in [0.717, 1.165) is 31.4 Å². The number of aliphatic hydroxyl groups excluding tert-OH is 1. The van der Waals surface area contributed by atoms with Crippen molar-refractivity contribution in [2.24, 2.45) is 0 Å². The molecule has 2 aromatic carbocycles. The molecule has 3 rings (SSSR count). The number of hydrogen-bond acceptors (Lipinski definition) is 5. The van der Waals surface area contributed by atoms with Gasteiger partial charge in [0, 0.05) is 18.3 Å². The van der Waals surface area contributed by atoms with E-state index < -0.39 is 16.9 Å². The quantitative estimate of drug-likeness (QED) is 0.634. The van der Waals surface area contributed by atoms with E-state index >= 15 is 0 Å². The Morgan fingerprint density at radius 1 is 1.21 bits per heavy atom. The number of aliphatic hydroxyl groups is 1. The molecule has 154 valence electrons. The lowest BCUT2D eigenvalue weighted by Crippen LogP contribution is -2.34. The molecule has 5 nitrogen and oxygen atoms in total. The van der Waals surface area contributed by atoms with Crippen LogP contribution >= 0.6 is 12.4 Å². The van der Waals surface area contributed by atoms with Crippen molar-refractivity contribution in [2.45, 2.75) is 48.8 Å². The van der Waals surface area contributed by atoms with Crippen LogP contribution in [0.2, 0.25) is 0 Å². The maximum Gasteiger partial charge on any atom is 0.131 e. The summed E-state index contributed by atoms with van der Waals surface area (Å²) in [7, 11) is 0.372. The van der Waals surface area contributed by atoms with Crippen LogP contribution in [-0.2, 0) is 17.2 Å². The van der Waals surface area contributed by atoms with Crippen LogP contribution < -0.4 is 10.1 Å². The van der Waals surface area contributed by atoms with Gasteiger partial charge in [-0.1, -0.05) is 18.2 Å². The van der Waals surface area contributed by atoms with Crippen molar-refractivity contribution in [3.63, 3.8) is 0 Å². The van der Waals surface area contributed by atoms with E-state index in [1.165, 1.54) is 17.9 Å². The summed E-state index contributed by atoms with van der Waals surface area (Å²) in [5.41, 5.74) is 1.96. The van der Waals surface area contributed by atoms with Crippen LogP contribution in [0.15, 0.2) is 47.4 Å². The van der Waals surface area contributed by atoms with Gasteiger partial charge in [-0.05, 0) is 61.1 Å². The molecule has 2 aromatic rings. The molecule has 0 aromatic heterocycles. The Morgan fingerprint density at radius 3 is 2.57 bits per heavy atom. The summed E-state index contributed by atoms with van der Waals surface area (Å²) in [6, 6.07) is 13.3. The van der Waals surface area contributed by atoms with Gasteiger partial charge in [-0.15, -0.1) is 12.4 Å². The van der Waals surface area contributed by atoms with Crippen LogP contribution in [-0.4, -0.2) is 39.9 Å². The predicted molar refractivity (Wildman–Crippen MR) is 114 cm³/mol. The minimum Gasteiger partial charge on any atom is -0.507 e. The molecule has 0 spiro atoms. The van der Waals surface area contributed by atoms with Crippen molar-refractivity contribution in [1.82, 2.24) is 5.32 Å². The highest BCUT2D eigenvalue weighted by atomic mass is 35.5. The van der Waals surface area contributed by atoms with Gasteiger partial charge < -0.3 is 20.3 Å². The van der Waals surface area contributed by atoms with Gasteiger partial charge in [0.1, 0.15) is 11.5 Å². The Morgan fingerprint density at radius 2 is 1.93 bits per heavy atom. The first-order valence-electron chi connectivity index (χ1n) is 9.21. The number of rotatable bonds is 7. The molecular weight excluding hydrogens is 398 g/mol. The molecule has 1 aliphatic rings. The SMILES string of the molecule is COc1ccc(CCC2CCC(C(O)c3ccc(O)c(S(C)=O)c3)N2)cc1.Cl. The number of ether oxygens (including phenoxy) is 1. The summed E-state index contributed by atoms with van der Waals surface area (Å²) < 4.78 is 16.9. The van der Waals surface area contributed by atoms with Gasteiger partial charge in [-0.2, -0.15) is 0 Å². The third kappa shape index (κ3) is 5.47. The first-order valence-corrected chi connectivity index (χ1v) is 10.8. The fourth-order valence-corrected chi connectivity index (χ4v) is 4.30. The van der Waals surface area contributed by atoms with Crippen LogP contribution in [0.5, 0.6) is 11.5 Å². The lowest BCUT2D eigenvalue weighted by atomic mass is 10.0. The van der Waals surface area contributed by atoms with Crippen molar-refractivity contribution >= 4 is 23.2 Å². The minimum atomic E-state index is -1.29. The highest BCUT2D eigenvalue weighted by Gasteiger charge is 2.30. The normalized spacial score (nSPS) is 21.0. The molecular formula is C21H28ClNO4S. The third-order valence-corrected chi connectivity index (χ3v) is 6.18. The zero-order valence-corrected chi connectivity index (χ0v) is 17.8. The fourth-order valence-electron chi connectivity index (χ4n) is 3.64. The molecule has 4 unspecified atom stereocenters. The highest BCUT2D eigenvalue weighted by molar-refractivity contribution is 7.84. The molecule has 4 atom stereocenters. The second kappa shape index (κ2) is 10.3. The number of aromatic hydroxyl groups is 1. The maximum absolute atomic E-state index is 11.7. The van der Waals surface area contributed by atoms with E-state index in [9.17, 15) is 14.4 Å². The standard InChI is InChI=1S/C21H27NO4S.ClH/c1-26-17-9-4-14(5-10-17)3-7-16-8-11-18(22-16)21(24)15-6-12-19(23)20(13-15)27(2)25;/h4-6,9-10,12-13,16,18,21-24H,3,7-8,11H2,1-2H3;1H. The van der Waals surface area contributed by atoms with Crippen molar-refractivity contribution in [1.29, 1.82) is 0 Å². The zero-order valence-electron chi connectivity index (χ0n) is 16.1. The van der Waals surface area contributed by atoms with Crippen molar-refractivity contribution in [3.8, 4) is 11.5 Å². The van der Waals surface area contributed by atoms with E-state index in [1.54, 1.807) is 19.2 Å². The van der Waals surface area contributed by atoms with Crippen LogP contribution in [0, 0.1) is 0 Å². The number of methoxy groups -OCH3 is 1. The Bertz CT molecular complexity index is 799. The van der Waals surface area contributed by atoms with Gasteiger partial charge in [-0.3, -0.25) is 4.21 Å². The van der Waals surface area contributed by atoms with E-state index in [2.05, 4.69) is 17.4 Å². The lowest BCUT2D eigenvalue weighted by molar-refractivity contribution is 0.134. The summed E-state index contributed by atoms with van der Waals surface area (Å²) in [6.45, 7) is 0. The first-order chi connectivity index (χ1) is 13.0. The summed E-state index contributed by atoms with van der Waals surface area (Å²) in [5, 5.41) is 24.1. The average Bonchev–Trinajstić information content (AvgIpc) is 3.15. The highest BCUT2D eigenvalue weighted by Crippen LogP contribution is 2.30. The predicted octanol–water partition coefficient (Wildman–Crippen LogP) is 3.35. The Balaban J connectivity index is 0.00000280. The van der Waals surface area contributed by atoms with Gasteiger partial charge in [-0.25, -0.2) is 0 Å². The summed E-state index contributed by atoms with van der Waals surface area (Å²) in [4.78, 5) is 0.362.